The van der Waals surface area contributed by atoms with Crippen molar-refractivity contribution in [2.24, 2.45) is 23.7 Å². The molecule has 3 aliphatic carbocycles. The van der Waals surface area contributed by atoms with E-state index in [0.29, 0.717) is 21.8 Å². The van der Waals surface area contributed by atoms with Crippen LogP contribution in [0.3, 0.4) is 0 Å². The zero-order valence-electron chi connectivity index (χ0n) is 28.8. The zero-order chi connectivity index (χ0) is 36.5. The van der Waals surface area contributed by atoms with E-state index in [1.54, 1.807) is 24.3 Å². The average Bonchev–Trinajstić information content (AvgIpc) is 3.53. The predicted molar refractivity (Wildman–Crippen MR) is 189 cm³/mol. The molecule has 2 saturated carbocycles. The van der Waals surface area contributed by atoms with Crippen LogP contribution >= 0.6 is 11.6 Å². The number of ether oxygens (including phenoxy) is 2. The number of halogens is 2. The van der Waals surface area contributed by atoms with Gasteiger partial charge in [0.1, 0.15) is 23.1 Å². The Morgan fingerprint density at radius 3 is 2.15 bits per heavy atom. The van der Waals surface area contributed by atoms with Gasteiger partial charge in [-0.1, -0.05) is 54.6 Å². The van der Waals surface area contributed by atoms with Crippen LogP contribution in [0.5, 0.6) is 17.2 Å². The highest BCUT2D eigenvalue weighted by Crippen LogP contribution is 2.66. The van der Waals surface area contributed by atoms with Crippen LogP contribution in [-0.4, -0.2) is 58.9 Å². The average molecular weight is 728 g/mol. The van der Waals surface area contributed by atoms with Crippen LogP contribution in [0.1, 0.15) is 62.0 Å². The second-order valence-corrected chi connectivity index (χ2v) is 14.9. The monoisotopic (exact) mass is 727 g/mol. The summed E-state index contributed by atoms with van der Waals surface area (Å²) in [5, 5.41) is 12.1. The molecule has 0 aromatic heterocycles. The molecule has 2 aliphatic heterocycles. The topological polar surface area (TPSA) is 125 Å². The first-order valence-electron chi connectivity index (χ1n) is 17.8. The van der Waals surface area contributed by atoms with Gasteiger partial charge in [-0.3, -0.25) is 29.5 Å². The molecule has 3 aromatic rings. The van der Waals surface area contributed by atoms with Crippen molar-refractivity contribution in [3.8, 4) is 17.2 Å². The van der Waals surface area contributed by atoms with E-state index >= 15 is 4.79 Å². The number of anilines is 1. The van der Waals surface area contributed by atoms with Gasteiger partial charge >= 0.3 is 0 Å². The lowest BCUT2D eigenvalue weighted by Crippen LogP contribution is -2.53. The number of phenolic OH excluding ortho intramolecular Hbond substituents is 1. The first kappa shape index (κ1) is 34.2. The molecular weight excluding hydrogens is 689 g/mol. The molecule has 270 valence electrons. The van der Waals surface area contributed by atoms with Gasteiger partial charge in [0, 0.05) is 34.7 Å². The van der Waals surface area contributed by atoms with Gasteiger partial charge in [-0.05, 0) is 73.6 Å². The van der Waals surface area contributed by atoms with Gasteiger partial charge in [-0.25, -0.2) is 4.39 Å². The van der Waals surface area contributed by atoms with E-state index in [1.807, 2.05) is 6.08 Å². The lowest BCUT2D eigenvalue weighted by Gasteiger charge is -2.51. The highest BCUT2D eigenvalue weighted by atomic mass is 35.5. The number of phenols is 1. The molecule has 2 heterocycles. The van der Waals surface area contributed by atoms with Crippen molar-refractivity contribution < 1.29 is 38.1 Å². The fraction of sp³-hybridized carbons (Fsp3) is 0.400. The van der Waals surface area contributed by atoms with Gasteiger partial charge in [0.25, 0.3) is 11.8 Å². The summed E-state index contributed by atoms with van der Waals surface area (Å²) >= 11 is 6.39. The van der Waals surface area contributed by atoms with Gasteiger partial charge in [0.05, 0.1) is 43.1 Å². The number of carbonyl (C=O) groups is 4. The van der Waals surface area contributed by atoms with Crippen LogP contribution in [0.15, 0.2) is 72.3 Å². The lowest BCUT2D eigenvalue weighted by molar-refractivity contribution is -0.144. The van der Waals surface area contributed by atoms with Crippen LogP contribution in [0.25, 0.3) is 0 Å². The Morgan fingerprint density at radius 1 is 0.865 bits per heavy atom. The number of nitrogens with one attached hydrogen (secondary N) is 1. The molecule has 0 radical (unpaired) electrons. The molecule has 10 nitrogen and oxygen atoms in total. The van der Waals surface area contributed by atoms with Crippen molar-refractivity contribution in [2.45, 2.75) is 62.3 Å². The minimum atomic E-state index is -1.63. The smallest absolute Gasteiger partial charge is 0.260 e. The molecule has 5 aliphatic rings. The second-order valence-electron chi connectivity index (χ2n) is 14.5. The molecule has 2 N–H and O–H groups in total. The number of hydrazine groups is 1. The number of benzene rings is 3. The van der Waals surface area contributed by atoms with Crippen molar-refractivity contribution in [1.82, 2.24) is 9.91 Å². The van der Waals surface area contributed by atoms with E-state index in [4.69, 9.17) is 21.1 Å². The van der Waals surface area contributed by atoms with Crippen molar-refractivity contribution in [3.05, 3.63) is 94.3 Å². The minimum absolute atomic E-state index is 0.110. The maximum Gasteiger partial charge on any atom is 0.260 e. The number of aromatic hydroxyl groups is 1. The summed E-state index contributed by atoms with van der Waals surface area (Å²) in [6.07, 6.45) is 6.87. The van der Waals surface area contributed by atoms with Gasteiger partial charge in [0.2, 0.25) is 11.8 Å². The Bertz CT molecular complexity index is 1970. The fourth-order valence-corrected chi connectivity index (χ4v) is 10.0. The number of carbonyl (C=O) groups excluding carboxylic acids is 4. The van der Waals surface area contributed by atoms with Gasteiger partial charge in [-0.2, -0.15) is 5.01 Å². The molecule has 0 spiro atoms. The third kappa shape index (κ3) is 5.03. The normalized spacial score (nSPS) is 28.7. The largest absolute Gasteiger partial charge is 0.508 e. The molecule has 4 fully saturated rings. The van der Waals surface area contributed by atoms with Crippen LogP contribution in [0.2, 0.25) is 5.02 Å². The van der Waals surface area contributed by atoms with E-state index in [9.17, 15) is 23.9 Å². The molecule has 8 rings (SSSR count). The Balaban J connectivity index is 1.36. The summed E-state index contributed by atoms with van der Waals surface area (Å²) in [4.78, 5) is 60.5. The van der Waals surface area contributed by atoms with Crippen molar-refractivity contribution in [3.63, 3.8) is 0 Å². The predicted octanol–water partition coefficient (Wildman–Crippen LogP) is 6.52. The number of methoxy groups -OCH3 is 2. The summed E-state index contributed by atoms with van der Waals surface area (Å²) in [5.74, 6) is -5.54. The van der Waals surface area contributed by atoms with Gasteiger partial charge in [0.15, 0.2) is 0 Å². The van der Waals surface area contributed by atoms with E-state index < -0.39 is 52.6 Å². The Hall–Kier alpha value is -4.90. The number of hydrogen-bond donors (Lipinski definition) is 2. The first-order chi connectivity index (χ1) is 25.1. The van der Waals surface area contributed by atoms with Crippen LogP contribution < -0.4 is 14.9 Å². The van der Waals surface area contributed by atoms with Crippen LogP contribution in [0.4, 0.5) is 10.1 Å². The van der Waals surface area contributed by atoms with Crippen molar-refractivity contribution in [1.29, 1.82) is 0 Å². The van der Waals surface area contributed by atoms with Crippen LogP contribution in [-0.2, 0) is 24.6 Å². The Kier molecular flexibility index (Phi) is 8.52. The van der Waals surface area contributed by atoms with E-state index in [-0.39, 0.29) is 47.9 Å². The van der Waals surface area contributed by atoms with Gasteiger partial charge in [-0.15, -0.1) is 0 Å². The molecule has 0 unspecified atom stereocenters. The van der Waals surface area contributed by atoms with E-state index in [2.05, 4.69) is 5.43 Å². The fourth-order valence-electron chi connectivity index (χ4n) is 9.90. The number of rotatable bonds is 7. The third-order valence-electron chi connectivity index (χ3n) is 12.0. The minimum Gasteiger partial charge on any atom is -0.508 e. The highest BCUT2D eigenvalue weighted by molar-refractivity contribution is 6.30. The molecule has 0 bridgehead atoms. The number of hydrogen-bond acceptors (Lipinski definition) is 8. The van der Waals surface area contributed by atoms with Crippen LogP contribution in [0, 0.1) is 29.5 Å². The Morgan fingerprint density at radius 2 is 1.52 bits per heavy atom. The standard InChI is InChI=1S/C40H39ClFN3O7/c1-51-31-18-26(46)19-32(52-2)34(31)35-27-16-17-28-33(38(49)44(36(28)47)25-6-4-3-5-7-25)29(27)20-30-37(48)45(43-24-14-12-23(42)13-15-24)39(50)40(30,35)21-8-10-22(41)11-9-21/h8-16,18-19,25,28-30,33,35,43,46H,3-7,17,20H2,1-2H3/t28-,29+,30-,33-,35+,40+/m0/s1. The zero-order valence-corrected chi connectivity index (χ0v) is 29.6. The number of imide groups is 2. The molecule has 6 atom stereocenters. The second kappa shape index (κ2) is 12.9. The molecule has 52 heavy (non-hydrogen) atoms. The maximum absolute atomic E-state index is 15.4. The molecule has 2 saturated heterocycles. The molecule has 3 aromatic carbocycles. The molecule has 4 amide bonds. The first-order valence-corrected chi connectivity index (χ1v) is 18.2. The number of likely N-dealkylation sites (tertiary alicyclic amines) is 1. The number of allylic oxidation sites excluding steroid dienone is 2. The lowest BCUT2D eigenvalue weighted by atomic mass is 9.49. The molecular formula is C40H39ClFN3O7. The van der Waals surface area contributed by atoms with E-state index in [0.717, 1.165) is 42.7 Å². The summed E-state index contributed by atoms with van der Waals surface area (Å²) < 4.78 is 25.7. The summed E-state index contributed by atoms with van der Waals surface area (Å²) in [6, 6.07) is 14.8. The number of amides is 4. The third-order valence-corrected chi connectivity index (χ3v) is 12.3. The van der Waals surface area contributed by atoms with Crippen molar-refractivity contribution >= 4 is 40.9 Å². The molecule has 12 heteroatoms. The van der Waals surface area contributed by atoms with Gasteiger partial charge < -0.3 is 14.6 Å². The summed E-state index contributed by atoms with van der Waals surface area (Å²) in [7, 11) is 2.89. The van der Waals surface area contributed by atoms with Crippen molar-refractivity contribution in [2.75, 3.05) is 19.6 Å². The maximum atomic E-state index is 15.4. The quantitative estimate of drug-likeness (QED) is 0.208. The summed E-state index contributed by atoms with van der Waals surface area (Å²) in [6.45, 7) is 0. The number of fused-ring (bicyclic) bond motifs is 4. The highest BCUT2D eigenvalue weighted by Gasteiger charge is 2.71. The van der Waals surface area contributed by atoms with E-state index in [1.165, 1.54) is 55.5 Å². The Labute approximate surface area is 305 Å². The summed E-state index contributed by atoms with van der Waals surface area (Å²) in [5.41, 5.74) is 3.30. The number of nitrogens with zero attached hydrogens (tertiary/aromatic N) is 2. The SMILES string of the molecule is COc1cc(O)cc(OC)c1[C@H]1C2=CC[C@@H]3C(=O)N(C4CCCCC4)C(=O)[C@@H]3[C@@H]2C[C@H]2C(=O)N(Nc3ccc(F)cc3)C(=O)[C@@]12c1ccc(Cl)cc1.